The van der Waals surface area contributed by atoms with E-state index in [9.17, 15) is 0 Å². The van der Waals surface area contributed by atoms with Gasteiger partial charge in [-0.05, 0) is 19.3 Å². The van der Waals surface area contributed by atoms with E-state index in [1.165, 1.54) is 26.1 Å². The van der Waals surface area contributed by atoms with Gasteiger partial charge < -0.3 is 15.4 Å². The van der Waals surface area contributed by atoms with Crippen molar-refractivity contribution in [2.75, 3.05) is 52.5 Å². The number of ether oxygens (including phenoxy) is 1. The second-order valence-electron chi connectivity index (χ2n) is 4.96. The van der Waals surface area contributed by atoms with Gasteiger partial charge in [-0.15, -0.1) is 0 Å². The summed E-state index contributed by atoms with van der Waals surface area (Å²) in [5, 5.41) is 7.01. The molecule has 0 amide bonds. The first-order valence-electron chi connectivity index (χ1n) is 6.60. The van der Waals surface area contributed by atoms with E-state index in [1.54, 1.807) is 0 Å². The molecular formula is C12H25N3O. The number of piperazine rings is 1. The lowest BCUT2D eigenvalue weighted by atomic mass is 10.0. The lowest BCUT2D eigenvalue weighted by molar-refractivity contribution is 0.176. The Bertz CT molecular complexity index is 189. The van der Waals surface area contributed by atoms with Crippen LogP contribution < -0.4 is 10.6 Å². The largest absolute Gasteiger partial charge is 0.381 e. The molecule has 4 heteroatoms. The molecule has 2 aliphatic heterocycles. The molecular weight excluding hydrogens is 202 g/mol. The summed E-state index contributed by atoms with van der Waals surface area (Å²) >= 11 is 0. The predicted octanol–water partition coefficient (Wildman–Crippen LogP) is -0.0938. The van der Waals surface area contributed by atoms with Crippen molar-refractivity contribution in [2.45, 2.75) is 19.4 Å². The van der Waals surface area contributed by atoms with Crippen LogP contribution in [0, 0.1) is 5.92 Å². The molecule has 0 aliphatic carbocycles. The maximum Gasteiger partial charge on any atom is 0.0509 e. The zero-order valence-corrected chi connectivity index (χ0v) is 10.4. The van der Waals surface area contributed by atoms with Crippen LogP contribution >= 0.6 is 0 Å². The Morgan fingerprint density at radius 1 is 1.44 bits per heavy atom. The molecule has 2 heterocycles. The first-order chi connectivity index (χ1) is 7.86. The molecule has 2 rings (SSSR count). The van der Waals surface area contributed by atoms with E-state index in [1.807, 2.05) is 0 Å². The van der Waals surface area contributed by atoms with Crippen LogP contribution in [0.5, 0.6) is 0 Å². The summed E-state index contributed by atoms with van der Waals surface area (Å²) < 4.78 is 5.42. The normalized spacial score (nSPS) is 29.4. The van der Waals surface area contributed by atoms with Gasteiger partial charge in [0, 0.05) is 51.9 Å². The highest BCUT2D eigenvalue weighted by Gasteiger charge is 2.21. The molecule has 0 aromatic heterocycles. The third-order valence-electron chi connectivity index (χ3n) is 3.78. The minimum Gasteiger partial charge on any atom is -0.381 e. The van der Waals surface area contributed by atoms with E-state index >= 15 is 0 Å². The standard InChI is InChI=1S/C12H25N3O/c1-11(12-2-9-16-10-12)14-5-8-15-6-3-13-4-7-15/h11-14H,2-10H2,1H3. The molecule has 2 N–H and O–H groups in total. The highest BCUT2D eigenvalue weighted by atomic mass is 16.5. The van der Waals surface area contributed by atoms with Crippen molar-refractivity contribution >= 4 is 0 Å². The van der Waals surface area contributed by atoms with Crippen molar-refractivity contribution in [2.24, 2.45) is 5.92 Å². The van der Waals surface area contributed by atoms with Crippen LogP contribution in [0.15, 0.2) is 0 Å². The maximum atomic E-state index is 5.42. The number of hydrogen-bond donors (Lipinski definition) is 2. The Kier molecular flexibility index (Phi) is 5.03. The summed E-state index contributed by atoms with van der Waals surface area (Å²) in [5.74, 6) is 0.725. The molecule has 0 saturated carbocycles. The second-order valence-corrected chi connectivity index (χ2v) is 4.96. The molecule has 0 aromatic rings. The van der Waals surface area contributed by atoms with Crippen molar-refractivity contribution in [1.82, 2.24) is 15.5 Å². The zero-order chi connectivity index (χ0) is 11.2. The number of nitrogens with one attached hydrogen (secondary N) is 2. The van der Waals surface area contributed by atoms with Crippen molar-refractivity contribution in [3.05, 3.63) is 0 Å². The van der Waals surface area contributed by atoms with Crippen molar-refractivity contribution in [3.8, 4) is 0 Å². The van der Waals surface area contributed by atoms with Gasteiger partial charge in [0.1, 0.15) is 0 Å². The van der Waals surface area contributed by atoms with Crippen LogP contribution in [-0.2, 0) is 4.74 Å². The third kappa shape index (κ3) is 3.70. The Balaban J connectivity index is 1.56. The van der Waals surface area contributed by atoms with Crippen LogP contribution in [0.1, 0.15) is 13.3 Å². The minimum absolute atomic E-state index is 0.602. The van der Waals surface area contributed by atoms with Gasteiger partial charge in [-0.2, -0.15) is 0 Å². The van der Waals surface area contributed by atoms with Gasteiger partial charge in [0.25, 0.3) is 0 Å². The number of rotatable bonds is 5. The van der Waals surface area contributed by atoms with Gasteiger partial charge in [0.2, 0.25) is 0 Å². The molecule has 2 atom stereocenters. The molecule has 0 spiro atoms. The molecule has 0 aromatic carbocycles. The predicted molar refractivity (Wildman–Crippen MR) is 65.7 cm³/mol. The summed E-state index contributed by atoms with van der Waals surface area (Å²) in [7, 11) is 0. The highest BCUT2D eigenvalue weighted by molar-refractivity contribution is 4.76. The first-order valence-corrected chi connectivity index (χ1v) is 6.60. The van der Waals surface area contributed by atoms with E-state index in [-0.39, 0.29) is 0 Å². The molecule has 2 aliphatic rings. The molecule has 94 valence electrons. The van der Waals surface area contributed by atoms with E-state index in [2.05, 4.69) is 22.5 Å². The van der Waals surface area contributed by atoms with Crippen molar-refractivity contribution < 1.29 is 4.74 Å². The maximum absolute atomic E-state index is 5.42. The van der Waals surface area contributed by atoms with E-state index in [4.69, 9.17) is 4.74 Å². The Morgan fingerprint density at radius 2 is 2.25 bits per heavy atom. The fourth-order valence-corrected chi connectivity index (χ4v) is 2.50. The molecule has 2 fully saturated rings. The van der Waals surface area contributed by atoms with Gasteiger partial charge in [-0.25, -0.2) is 0 Å². The van der Waals surface area contributed by atoms with Crippen molar-refractivity contribution in [3.63, 3.8) is 0 Å². The van der Waals surface area contributed by atoms with Gasteiger partial charge in [-0.3, -0.25) is 4.90 Å². The molecule has 2 saturated heterocycles. The van der Waals surface area contributed by atoms with Crippen molar-refractivity contribution in [1.29, 1.82) is 0 Å². The second kappa shape index (κ2) is 6.55. The summed E-state index contributed by atoms with van der Waals surface area (Å²) in [4.78, 5) is 2.53. The number of nitrogens with zero attached hydrogens (tertiary/aromatic N) is 1. The smallest absolute Gasteiger partial charge is 0.0509 e. The quantitative estimate of drug-likeness (QED) is 0.688. The summed E-state index contributed by atoms with van der Waals surface area (Å²) in [5.41, 5.74) is 0. The Morgan fingerprint density at radius 3 is 2.94 bits per heavy atom. The minimum atomic E-state index is 0.602. The van der Waals surface area contributed by atoms with Crippen LogP contribution in [0.2, 0.25) is 0 Å². The first kappa shape index (κ1) is 12.3. The topological polar surface area (TPSA) is 36.5 Å². The lowest BCUT2D eigenvalue weighted by Crippen LogP contribution is -2.47. The van der Waals surface area contributed by atoms with Gasteiger partial charge in [0.15, 0.2) is 0 Å². The van der Waals surface area contributed by atoms with Crippen LogP contribution in [0.3, 0.4) is 0 Å². The van der Waals surface area contributed by atoms with E-state index < -0.39 is 0 Å². The molecule has 0 bridgehead atoms. The summed E-state index contributed by atoms with van der Waals surface area (Å²) in [6.45, 7) is 11.2. The average molecular weight is 227 g/mol. The van der Waals surface area contributed by atoms with Gasteiger partial charge in [0.05, 0.1) is 6.61 Å². The molecule has 16 heavy (non-hydrogen) atoms. The zero-order valence-electron chi connectivity index (χ0n) is 10.4. The lowest BCUT2D eigenvalue weighted by Gasteiger charge is -2.28. The Hall–Kier alpha value is -0.160. The molecule has 2 unspecified atom stereocenters. The fraction of sp³-hybridized carbons (Fsp3) is 1.00. The van der Waals surface area contributed by atoms with E-state index in [0.717, 1.165) is 38.8 Å². The summed E-state index contributed by atoms with van der Waals surface area (Å²) in [6, 6.07) is 0.602. The van der Waals surface area contributed by atoms with E-state index in [0.29, 0.717) is 6.04 Å². The van der Waals surface area contributed by atoms with Crippen LogP contribution in [-0.4, -0.2) is 63.4 Å². The van der Waals surface area contributed by atoms with Gasteiger partial charge >= 0.3 is 0 Å². The van der Waals surface area contributed by atoms with Crippen LogP contribution in [0.4, 0.5) is 0 Å². The molecule has 0 radical (unpaired) electrons. The monoisotopic (exact) mass is 227 g/mol. The van der Waals surface area contributed by atoms with Gasteiger partial charge in [-0.1, -0.05) is 0 Å². The third-order valence-corrected chi connectivity index (χ3v) is 3.78. The summed E-state index contributed by atoms with van der Waals surface area (Å²) in [6.07, 6.45) is 1.22. The Labute approximate surface area is 98.7 Å². The number of hydrogen-bond acceptors (Lipinski definition) is 4. The van der Waals surface area contributed by atoms with Crippen LogP contribution in [0.25, 0.3) is 0 Å². The average Bonchev–Trinajstić information content (AvgIpc) is 2.84. The SMILES string of the molecule is CC(NCCN1CCNCC1)C1CCOC1. The fourth-order valence-electron chi connectivity index (χ4n) is 2.50. The highest BCUT2D eigenvalue weighted by Crippen LogP contribution is 2.15. The molecule has 4 nitrogen and oxygen atoms in total.